The average molecular weight is 303 g/mol. The van der Waals surface area contributed by atoms with Crippen LogP contribution >= 0.6 is 0 Å². The number of hydrogen-bond acceptors (Lipinski definition) is 5. The van der Waals surface area contributed by atoms with Crippen molar-refractivity contribution < 1.29 is 4.79 Å². The molecule has 0 aromatic carbocycles. The summed E-state index contributed by atoms with van der Waals surface area (Å²) >= 11 is 0. The van der Waals surface area contributed by atoms with Gasteiger partial charge in [-0.15, -0.1) is 0 Å². The minimum absolute atomic E-state index is 0.142. The van der Waals surface area contributed by atoms with Crippen LogP contribution in [0.15, 0.2) is 18.5 Å². The van der Waals surface area contributed by atoms with Gasteiger partial charge in [-0.3, -0.25) is 4.79 Å². The lowest BCUT2D eigenvalue weighted by Crippen LogP contribution is -2.48. The molecule has 3 atom stereocenters. The van der Waals surface area contributed by atoms with Crippen molar-refractivity contribution >= 4 is 11.9 Å². The number of hydrogen-bond donors (Lipinski definition) is 2. The number of nitrogens with zero attached hydrogens (tertiary/aromatic N) is 3. The van der Waals surface area contributed by atoms with E-state index in [-0.39, 0.29) is 18.0 Å². The minimum Gasteiger partial charge on any atom is -0.352 e. The third-order valence-corrected chi connectivity index (χ3v) is 4.79. The van der Waals surface area contributed by atoms with Crippen molar-refractivity contribution in [3.05, 3.63) is 18.5 Å². The van der Waals surface area contributed by atoms with Gasteiger partial charge in [-0.2, -0.15) is 0 Å². The third kappa shape index (κ3) is 3.74. The van der Waals surface area contributed by atoms with E-state index in [4.69, 9.17) is 5.73 Å². The molecule has 2 aliphatic rings. The lowest BCUT2D eigenvalue weighted by molar-refractivity contribution is -0.122. The molecule has 3 N–H and O–H groups in total. The SMILES string of the molecule is N[C@@H]1CCC[C@H]1CC(=O)NC1CCCN(c2ncccn2)C1. The number of nitrogens with one attached hydrogen (secondary N) is 1. The highest BCUT2D eigenvalue weighted by molar-refractivity contribution is 5.76. The fourth-order valence-corrected chi connectivity index (χ4v) is 3.57. The molecule has 0 radical (unpaired) electrons. The van der Waals surface area contributed by atoms with Crippen LogP contribution in [0, 0.1) is 5.92 Å². The number of aromatic nitrogens is 2. The molecule has 1 aliphatic carbocycles. The van der Waals surface area contributed by atoms with Gasteiger partial charge in [0.2, 0.25) is 11.9 Å². The number of carbonyl (C=O) groups is 1. The van der Waals surface area contributed by atoms with E-state index < -0.39 is 0 Å². The maximum atomic E-state index is 12.2. The summed E-state index contributed by atoms with van der Waals surface area (Å²) in [5.74, 6) is 1.25. The van der Waals surface area contributed by atoms with Gasteiger partial charge >= 0.3 is 0 Å². The Morgan fingerprint density at radius 1 is 1.27 bits per heavy atom. The highest BCUT2D eigenvalue weighted by atomic mass is 16.1. The Morgan fingerprint density at radius 2 is 2.09 bits per heavy atom. The summed E-state index contributed by atoms with van der Waals surface area (Å²) < 4.78 is 0. The first-order chi connectivity index (χ1) is 10.7. The first-order valence-electron chi connectivity index (χ1n) is 8.29. The second-order valence-corrected chi connectivity index (χ2v) is 6.46. The Kier molecular flexibility index (Phi) is 4.87. The Balaban J connectivity index is 1.51. The molecule has 22 heavy (non-hydrogen) atoms. The van der Waals surface area contributed by atoms with Gasteiger partial charge < -0.3 is 16.0 Å². The number of amides is 1. The second-order valence-electron chi connectivity index (χ2n) is 6.46. The largest absolute Gasteiger partial charge is 0.352 e. The summed E-state index contributed by atoms with van der Waals surface area (Å²) in [5.41, 5.74) is 6.05. The molecule has 2 fully saturated rings. The monoisotopic (exact) mass is 303 g/mol. The molecule has 1 aliphatic heterocycles. The van der Waals surface area contributed by atoms with Gasteiger partial charge in [0.05, 0.1) is 0 Å². The molecule has 1 saturated carbocycles. The molecule has 1 saturated heterocycles. The molecule has 1 unspecified atom stereocenters. The van der Waals surface area contributed by atoms with E-state index in [0.717, 1.165) is 51.1 Å². The van der Waals surface area contributed by atoms with Gasteiger partial charge in [0.15, 0.2) is 0 Å². The molecular weight excluding hydrogens is 278 g/mol. The topological polar surface area (TPSA) is 84.1 Å². The van der Waals surface area contributed by atoms with Crippen LogP contribution in [-0.2, 0) is 4.79 Å². The highest BCUT2D eigenvalue weighted by Crippen LogP contribution is 2.26. The van der Waals surface area contributed by atoms with E-state index >= 15 is 0 Å². The fraction of sp³-hybridized carbons (Fsp3) is 0.688. The van der Waals surface area contributed by atoms with Crippen LogP contribution in [-0.4, -0.2) is 41.0 Å². The van der Waals surface area contributed by atoms with E-state index in [2.05, 4.69) is 20.2 Å². The normalized spacial score (nSPS) is 28.6. The molecule has 6 heteroatoms. The molecular formula is C16H25N5O. The Labute approximate surface area is 131 Å². The number of anilines is 1. The fourth-order valence-electron chi connectivity index (χ4n) is 3.57. The van der Waals surface area contributed by atoms with E-state index in [1.54, 1.807) is 12.4 Å². The lowest BCUT2D eigenvalue weighted by atomic mass is 9.99. The molecule has 0 bridgehead atoms. The summed E-state index contributed by atoms with van der Waals surface area (Å²) in [6, 6.07) is 2.20. The van der Waals surface area contributed by atoms with Crippen molar-refractivity contribution in [3.63, 3.8) is 0 Å². The molecule has 6 nitrogen and oxygen atoms in total. The van der Waals surface area contributed by atoms with Crippen molar-refractivity contribution in [2.75, 3.05) is 18.0 Å². The standard InChI is InChI=1S/C16H25N5O/c17-14-6-1-4-12(14)10-15(22)20-13-5-2-9-21(11-13)16-18-7-3-8-19-16/h3,7-8,12-14H,1-2,4-6,9-11,17H2,(H,20,22)/t12-,13?,14+/m0/s1. The first kappa shape index (κ1) is 15.2. The van der Waals surface area contributed by atoms with E-state index in [1.807, 2.05) is 6.07 Å². The van der Waals surface area contributed by atoms with Gasteiger partial charge in [0.25, 0.3) is 0 Å². The molecule has 1 aromatic rings. The van der Waals surface area contributed by atoms with Crippen LogP contribution in [0.3, 0.4) is 0 Å². The van der Waals surface area contributed by atoms with Crippen LogP contribution < -0.4 is 16.0 Å². The van der Waals surface area contributed by atoms with Gasteiger partial charge in [-0.05, 0) is 37.7 Å². The maximum Gasteiger partial charge on any atom is 0.225 e. The summed E-state index contributed by atoms with van der Waals surface area (Å²) in [5, 5.41) is 3.17. The van der Waals surface area contributed by atoms with Crippen molar-refractivity contribution in [1.82, 2.24) is 15.3 Å². The second kappa shape index (κ2) is 7.05. The Morgan fingerprint density at radius 3 is 2.82 bits per heavy atom. The van der Waals surface area contributed by atoms with Crippen LogP contribution in [0.2, 0.25) is 0 Å². The molecule has 120 valence electrons. The van der Waals surface area contributed by atoms with Crippen LogP contribution in [0.1, 0.15) is 38.5 Å². The molecule has 1 aromatic heterocycles. The highest BCUT2D eigenvalue weighted by Gasteiger charge is 2.28. The van der Waals surface area contributed by atoms with Gasteiger partial charge in [-0.1, -0.05) is 6.42 Å². The Bertz CT molecular complexity index is 495. The lowest BCUT2D eigenvalue weighted by Gasteiger charge is -2.33. The summed E-state index contributed by atoms with van der Waals surface area (Å²) in [7, 11) is 0. The van der Waals surface area contributed by atoms with E-state index in [1.165, 1.54) is 0 Å². The summed E-state index contributed by atoms with van der Waals surface area (Å²) in [6.07, 6.45) is 9.45. The number of carbonyl (C=O) groups excluding carboxylic acids is 1. The molecule has 2 heterocycles. The molecule has 1 amide bonds. The average Bonchev–Trinajstić information content (AvgIpc) is 2.93. The van der Waals surface area contributed by atoms with Crippen LogP contribution in [0.5, 0.6) is 0 Å². The number of piperidine rings is 1. The predicted octanol–water partition coefficient (Wildman–Crippen LogP) is 1.08. The maximum absolute atomic E-state index is 12.2. The van der Waals surface area contributed by atoms with Crippen molar-refractivity contribution in [3.8, 4) is 0 Å². The van der Waals surface area contributed by atoms with E-state index in [0.29, 0.717) is 12.3 Å². The molecule has 0 spiro atoms. The van der Waals surface area contributed by atoms with Gasteiger partial charge in [-0.25, -0.2) is 9.97 Å². The van der Waals surface area contributed by atoms with Crippen molar-refractivity contribution in [2.45, 2.75) is 50.6 Å². The zero-order valence-electron chi connectivity index (χ0n) is 12.9. The predicted molar refractivity (Wildman–Crippen MR) is 85.3 cm³/mol. The van der Waals surface area contributed by atoms with E-state index in [9.17, 15) is 4.79 Å². The van der Waals surface area contributed by atoms with Gasteiger partial charge in [0.1, 0.15) is 0 Å². The zero-order chi connectivity index (χ0) is 15.4. The smallest absolute Gasteiger partial charge is 0.225 e. The van der Waals surface area contributed by atoms with Crippen LogP contribution in [0.4, 0.5) is 5.95 Å². The first-order valence-corrected chi connectivity index (χ1v) is 8.29. The number of nitrogens with two attached hydrogens (primary N) is 1. The third-order valence-electron chi connectivity index (χ3n) is 4.79. The van der Waals surface area contributed by atoms with Crippen LogP contribution in [0.25, 0.3) is 0 Å². The molecule has 3 rings (SSSR count). The zero-order valence-corrected chi connectivity index (χ0v) is 12.9. The quantitative estimate of drug-likeness (QED) is 0.869. The van der Waals surface area contributed by atoms with Crippen molar-refractivity contribution in [2.24, 2.45) is 11.7 Å². The van der Waals surface area contributed by atoms with Gasteiger partial charge in [0, 0.05) is 44.0 Å². The van der Waals surface area contributed by atoms with Crippen molar-refractivity contribution in [1.29, 1.82) is 0 Å². The minimum atomic E-state index is 0.142. The number of rotatable bonds is 4. The summed E-state index contributed by atoms with van der Waals surface area (Å²) in [6.45, 7) is 1.73. The Hall–Kier alpha value is -1.69. The summed E-state index contributed by atoms with van der Waals surface area (Å²) in [4.78, 5) is 23.0.